The van der Waals surface area contributed by atoms with Crippen LogP contribution in [0.15, 0.2) is 11.6 Å². The van der Waals surface area contributed by atoms with E-state index in [9.17, 15) is 5.11 Å². The van der Waals surface area contributed by atoms with Gasteiger partial charge in [-0.15, -0.1) is 0 Å². The molecule has 0 aromatic carbocycles. The van der Waals surface area contributed by atoms with E-state index < -0.39 is 0 Å². The molecule has 5 aliphatic rings. The predicted molar refractivity (Wildman–Crippen MR) is 126 cm³/mol. The van der Waals surface area contributed by atoms with Crippen LogP contribution in [0, 0.1) is 57.2 Å². The molecule has 30 heavy (non-hydrogen) atoms. The number of fused-ring (bicyclic) bond motifs is 7. The van der Waals surface area contributed by atoms with Gasteiger partial charge in [-0.2, -0.15) is 0 Å². The van der Waals surface area contributed by atoms with Gasteiger partial charge < -0.3 is 5.11 Å². The molecule has 10 atom stereocenters. The number of allylic oxidation sites excluding steroid dienone is 2. The van der Waals surface area contributed by atoms with Gasteiger partial charge in [-0.05, 0) is 115 Å². The van der Waals surface area contributed by atoms with E-state index in [-0.39, 0.29) is 11.5 Å². The summed E-state index contributed by atoms with van der Waals surface area (Å²) in [6.45, 7) is 17.8. The van der Waals surface area contributed by atoms with Crippen molar-refractivity contribution in [3.8, 4) is 0 Å². The molecular formula is C29H48O. The fraction of sp³-hybridized carbons (Fsp3) is 0.931. The lowest BCUT2D eigenvalue weighted by Crippen LogP contribution is -2.62. The highest BCUT2D eigenvalue weighted by Crippen LogP contribution is 2.71. The SMILES string of the molecule is CC1CCC2(C)CCC3C(=CCC4C3(C)CCC3C(C)(C)C(O)CCC34C)C2C1C. The number of rotatable bonds is 0. The summed E-state index contributed by atoms with van der Waals surface area (Å²) in [7, 11) is 0. The molecule has 4 saturated carbocycles. The lowest BCUT2D eigenvalue weighted by Gasteiger charge is -2.68. The Labute approximate surface area is 186 Å². The highest BCUT2D eigenvalue weighted by Gasteiger charge is 2.64. The van der Waals surface area contributed by atoms with E-state index >= 15 is 0 Å². The largest absolute Gasteiger partial charge is 0.393 e. The highest BCUT2D eigenvalue weighted by atomic mass is 16.3. The molecule has 1 heteroatoms. The van der Waals surface area contributed by atoms with Crippen LogP contribution < -0.4 is 0 Å². The van der Waals surface area contributed by atoms with E-state index in [0.29, 0.717) is 22.2 Å². The molecule has 10 unspecified atom stereocenters. The molecule has 5 rings (SSSR count). The van der Waals surface area contributed by atoms with Crippen molar-refractivity contribution < 1.29 is 5.11 Å². The normalized spacial score (nSPS) is 57.3. The lowest BCUT2D eigenvalue weighted by molar-refractivity contribution is -0.186. The maximum Gasteiger partial charge on any atom is 0.0594 e. The summed E-state index contributed by atoms with van der Waals surface area (Å²) in [6, 6.07) is 0. The Morgan fingerprint density at radius 3 is 2.20 bits per heavy atom. The zero-order valence-electron chi connectivity index (χ0n) is 20.9. The Kier molecular flexibility index (Phi) is 4.75. The van der Waals surface area contributed by atoms with Gasteiger partial charge >= 0.3 is 0 Å². The third-order valence-electron chi connectivity index (χ3n) is 12.6. The number of aliphatic hydroxyl groups is 1. The summed E-state index contributed by atoms with van der Waals surface area (Å²) in [5.41, 5.74) is 3.38. The van der Waals surface area contributed by atoms with E-state index in [0.717, 1.165) is 36.0 Å². The zero-order chi connectivity index (χ0) is 21.7. The molecule has 1 N–H and O–H groups in total. The minimum atomic E-state index is -0.116. The van der Waals surface area contributed by atoms with Crippen LogP contribution in [0.4, 0.5) is 0 Å². The molecule has 0 bridgehead atoms. The van der Waals surface area contributed by atoms with Gasteiger partial charge in [0.1, 0.15) is 0 Å². The summed E-state index contributed by atoms with van der Waals surface area (Å²) in [5, 5.41) is 10.8. The summed E-state index contributed by atoms with van der Waals surface area (Å²) in [5.74, 6) is 4.83. The van der Waals surface area contributed by atoms with Crippen molar-refractivity contribution in [3.63, 3.8) is 0 Å². The van der Waals surface area contributed by atoms with Gasteiger partial charge in [0.15, 0.2) is 0 Å². The molecule has 0 spiro atoms. The summed E-state index contributed by atoms with van der Waals surface area (Å²) in [4.78, 5) is 0. The van der Waals surface area contributed by atoms with Crippen LogP contribution in [0.2, 0.25) is 0 Å². The Hall–Kier alpha value is -0.300. The Morgan fingerprint density at radius 1 is 0.800 bits per heavy atom. The molecule has 0 aliphatic heterocycles. The molecule has 0 saturated heterocycles. The van der Waals surface area contributed by atoms with E-state index in [1.807, 2.05) is 5.57 Å². The Balaban J connectivity index is 1.54. The second-order valence-corrected chi connectivity index (χ2v) is 14.1. The fourth-order valence-corrected chi connectivity index (χ4v) is 10.5. The first-order valence-electron chi connectivity index (χ1n) is 13.3. The minimum Gasteiger partial charge on any atom is -0.393 e. The minimum absolute atomic E-state index is 0.0662. The maximum atomic E-state index is 10.8. The van der Waals surface area contributed by atoms with Crippen LogP contribution in [0.3, 0.4) is 0 Å². The highest BCUT2D eigenvalue weighted by molar-refractivity contribution is 5.29. The number of aliphatic hydroxyl groups excluding tert-OH is 1. The van der Waals surface area contributed by atoms with Crippen molar-refractivity contribution in [3.05, 3.63) is 11.6 Å². The van der Waals surface area contributed by atoms with Crippen molar-refractivity contribution in [1.29, 1.82) is 0 Å². The van der Waals surface area contributed by atoms with Gasteiger partial charge in [-0.1, -0.05) is 60.1 Å². The third kappa shape index (κ3) is 2.63. The molecular weight excluding hydrogens is 364 g/mol. The third-order valence-corrected chi connectivity index (χ3v) is 12.6. The number of hydrogen-bond donors (Lipinski definition) is 1. The fourth-order valence-electron chi connectivity index (χ4n) is 10.5. The van der Waals surface area contributed by atoms with Crippen molar-refractivity contribution in [2.45, 2.75) is 112 Å². The Morgan fingerprint density at radius 2 is 1.47 bits per heavy atom. The van der Waals surface area contributed by atoms with Crippen LogP contribution in [-0.4, -0.2) is 11.2 Å². The van der Waals surface area contributed by atoms with E-state index in [1.165, 1.54) is 51.4 Å². The first kappa shape index (κ1) is 21.5. The van der Waals surface area contributed by atoms with Gasteiger partial charge in [-0.3, -0.25) is 0 Å². The van der Waals surface area contributed by atoms with Gasteiger partial charge in [0.2, 0.25) is 0 Å². The van der Waals surface area contributed by atoms with Gasteiger partial charge in [0.05, 0.1) is 6.10 Å². The lowest BCUT2D eigenvalue weighted by atomic mass is 9.37. The summed E-state index contributed by atoms with van der Waals surface area (Å²) < 4.78 is 0. The van der Waals surface area contributed by atoms with Gasteiger partial charge in [0, 0.05) is 0 Å². The second kappa shape index (κ2) is 6.61. The van der Waals surface area contributed by atoms with Crippen LogP contribution in [0.25, 0.3) is 0 Å². The van der Waals surface area contributed by atoms with E-state index in [4.69, 9.17) is 0 Å². The molecule has 1 nitrogen and oxygen atoms in total. The maximum absolute atomic E-state index is 10.8. The molecule has 0 amide bonds. The Bertz CT molecular complexity index is 735. The van der Waals surface area contributed by atoms with Gasteiger partial charge in [0.25, 0.3) is 0 Å². The topological polar surface area (TPSA) is 20.2 Å². The van der Waals surface area contributed by atoms with E-state index in [1.54, 1.807) is 0 Å². The molecule has 4 fully saturated rings. The average Bonchev–Trinajstić information content (AvgIpc) is 2.67. The van der Waals surface area contributed by atoms with Crippen molar-refractivity contribution in [1.82, 2.24) is 0 Å². The molecule has 0 aromatic rings. The average molecular weight is 413 g/mol. The molecule has 5 aliphatic carbocycles. The van der Waals surface area contributed by atoms with Crippen LogP contribution in [-0.2, 0) is 0 Å². The zero-order valence-corrected chi connectivity index (χ0v) is 20.9. The quantitative estimate of drug-likeness (QED) is 0.405. The molecule has 0 aromatic heterocycles. The first-order chi connectivity index (χ1) is 13.9. The van der Waals surface area contributed by atoms with Gasteiger partial charge in [-0.25, -0.2) is 0 Å². The van der Waals surface area contributed by atoms with E-state index in [2.05, 4.69) is 54.5 Å². The molecule has 170 valence electrons. The first-order valence-corrected chi connectivity index (χ1v) is 13.3. The monoisotopic (exact) mass is 412 g/mol. The van der Waals surface area contributed by atoms with Crippen LogP contribution in [0.5, 0.6) is 0 Å². The predicted octanol–water partition coefficient (Wildman–Crippen LogP) is 7.63. The summed E-state index contributed by atoms with van der Waals surface area (Å²) in [6.07, 6.45) is 14.7. The van der Waals surface area contributed by atoms with Crippen molar-refractivity contribution in [2.75, 3.05) is 0 Å². The van der Waals surface area contributed by atoms with Crippen LogP contribution in [0.1, 0.15) is 106 Å². The van der Waals surface area contributed by atoms with Crippen LogP contribution >= 0.6 is 0 Å². The van der Waals surface area contributed by atoms with Crippen molar-refractivity contribution >= 4 is 0 Å². The number of hydrogen-bond acceptors (Lipinski definition) is 1. The molecule has 0 heterocycles. The second-order valence-electron chi connectivity index (χ2n) is 14.1. The smallest absolute Gasteiger partial charge is 0.0594 e. The standard InChI is InChI=1S/C29H48O/c1-18-10-14-27(5)15-11-21-20(25(27)19(18)2)8-9-23-28(21,6)16-12-22-26(3,4)24(30)13-17-29(22,23)7/h8,18-19,21-25,30H,9-17H2,1-7H3. The molecule has 0 radical (unpaired) electrons. The summed E-state index contributed by atoms with van der Waals surface area (Å²) >= 11 is 0. The van der Waals surface area contributed by atoms with Crippen molar-refractivity contribution in [2.24, 2.45) is 57.2 Å².